The average molecular weight is 335 g/mol. The van der Waals surface area contributed by atoms with Crippen molar-refractivity contribution < 1.29 is 9.13 Å². The lowest BCUT2D eigenvalue weighted by atomic mass is 10.0. The molecule has 1 radical (unpaired) electrons. The largest absolute Gasteiger partial charge is 0.488 e. The summed E-state index contributed by atoms with van der Waals surface area (Å²) < 4.78 is 19.4. The highest BCUT2D eigenvalue weighted by Gasteiger charge is 2.14. The van der Waals surface area contributed by atoms with E-state index >= 15 is 0 Å². The summed E-state index contributed by atoms with van der Waals surface area (Å²) in [5.41, 5.74) is 0.680. The molecule has 0 aromatic heterocycles. The molecular formula is C13H17FIO. The van der Waals surface area contributed by atoms with E-state index in [2.05, 4.69) is 22.6 Å². The maximum absolute atomic E-state index is 12.6. The van der Waals surface area contributed by atoms with E-state index in [1.54, 1.807) is 6.92 Å². The number of hydrogen-bond acceptors (Lipinski definition) is 1. The monoisotopic (exact) mass is 335 g/mol. The molecule has 0 spiro atoms. The van der Waals surface area contributed by atoms with Gasteiger partial charge < -0.3 is 4.74 Å². The zero-order chi connectivity index (χ0) is 12.3. The van der Waals surface area contributed by atoms with Crippen LogP contribution in [0, 0.1) is 9.49 Å². The standard InChI is InChI=1S/C13H17FIO/c1-9(8-14)10-5-11(15)7-12(6-10)16-13(2,3)4/h5-7H,8H2,1-4H3. The first-order valence-electron chi connectivity index (χ1n) is 5.20. The highest BCUT2D eigenvalue weighted by atomic mass is 127. The highest BCUT2D eigenvalue weighted by Crippen LogP contribution is 2.26. The van der Waals surface area contributed by atoms with Crippen LogP contribution in [0.3, 0.4) is 0 Å². The molecule has 3 heteroatoms. The molecule has 1 aromatic rings. The van der Waals surface area contributed by atoms with Crippen LogP contribution in [-0.2, 0) is 0 Å². The van der Waals surface area contributed by atoms with Gasteiger partial charge in [0.15, 0.2) is 0 Å². The van der Waals surface area contributed by atoms with E-state index in [0.717, 1.165) is 20.8 Å². The summed E-state index contributed by atoms with van der Waals surface area (Å²) in [6, 6.07) is 5.81. The van der Waals surface area contributed by atoms with Gasteiger partial charge in [-0.2, -0.15) is 0 Å². The highest BCUT2D eigenvalue weighted by molar-refractivity contribution is 14.1. The zero-order valence-corrected chi connectivity index (χ0v) is 12.3. The van der Waals surface area contributed by atoms with Gasteiger partial charge in [-0.05, 0) is 67.1 Å². The molecule has 0 aliphatic carbocycles. The van der Waals surface area contributed by atoms with Crippen LogP contribution in [0.4, 0.5) is 4.39 Å². The van der Waals surface area contributed by atoms with E-state index in [1.165, 1.54) is 0 Å². The minimum Gasteiger partial charge on any atom is -0.488 e. The Hall–Kier alpha value is -0.320. The van der Waals surface area contributed by atoms with E-state index in [-0.39, 0.29) is 5.60 Å². The molecule has 0 fully saturated rings. The van der Waals surface area contributed by atoms with Gasteiger partial charge >= 0.3 is 0 Å². The van der Waals surface area contributed by atoms with Crippen LogP contribution in [0.25, 0.3) is 0 Å². The van der Waals surface area contributed by atoms with E-state index < -0.39 is 6.67 Å². The summed E-state index contributed by atoms with van der Waals surface area (Å²) in [6.45, 7) is 7.37. The summed E-state index contributed by atoms with van der Waals surface area (Å²) in [7, 11) is 0. The third-order valence-electron chi connectivity index (χ3n) is 1.99. The number of hydrogen-bond donors (Lipinski definition) is 0. The first kappa shape index (κ1) is 13.7. The molecule has 16 heavy (non-hydrogen) atoms. The van der Waals surface area contributed by atoms with Gasteiger partial charge in [0.25, 0.3) is 0 Å². The molecule has 1 aromatic carbocycles. The maximum atomic E-state index is 12.6. The molecule has 89 valence electrons. The minimum atomic E-state index is -0.422. The normalized spacial score (nSPS) is 11.9. The predicted octanol–water partition coefficient (Wildman–Crippen LogP) is 4.38. The van der Waals surface area contributed by atoms with Crippen LogP contribution in [0.1, 0.15) is 33.3 Å². The van der Waals surface area contributed by atoms with Gasteiger partial charge in [-0.15, -0.1) is 0 Å². The molecule has 0 bridgehead atoms. The van der Waals surface area contributed by atoms with Crippen LogP contribution in [0.5, 0.6) is 5.75 Å². The molecule has 0 heterocycles. The summed E-state index contributed by atoms with van der Waals surface area (Å²) in [5, 5.41) is 0. The molecule has 0 N–H and O–H groups in total. The smallest absolute Gasteiger partial charge is 0.121 e. The molecule has 0 saturated carbocycles. The maximum Gasteiger partial charge on any atom is 0.121 e. The number of alkyl halides is 1. The van der Waals surface area contributed by atoms with Crippen molar-refractivity contribution in [1.29, 1.82) is 0 Å². The first-order chi connectivity index (χ1) is 7.31. The van der Waals surface area contributed by atoms with Crippen LogP contribution < -0.4 is 4.74 Å². The minimum absolute atomic E-state index is 0.231. The fourth-order valence-corrected chi connectivity index (χ4v) is 1.94. The third kappa shape index (κ3) is 4.28. The summed E-state index contributed by atoms with van der Waals surface area (Å²) in [6.07, 6.45) is 0. The number of benzene rings is 1. The molecule has 1 nitrogen and oxygen atoms in total. The second kappa shape index (κ2) is 5.34. The topological polar surface area (TPSA) is 9.23 Å². The Labute approximate surface area is 111 Å². The summed E-state index contributed by atoms with van der Waals surface area (Å²) in [5.74, 6) is 1.53. The van der Waals surface area contributed by atoms with Gasteiger partial charge in [-0.1, -0.05) is 6.92 Å². The fourth-order valence-electron chi connectivity index (χ4n) is 1.30. The quantitative estimate of drug-likeness (QED) is 0.745. The predicted molar refractivity (Wildman–Crippen MR) is 73.5 cm³/mol. The Balaban J connectivity index is 2.99. The molecule has 0 saturated heterocycles. The Morgan fingerprint density at radius 3 is 2.44 bits per heavy atom. The fraction of sp³-hybridized carbons (Fsp3) is 0.462. The second-order valence-corrected chi connectivity index (χ2v) is 6.05. The van der Waals surface area contributed by atoms with Crippen LogP contribution in [0.2, 0.25) is 0 Å². The summed E-state index contributed by atoms with van der Waals surface area (Å²) >= 11 is 2.22. The molecule has 0 amide bonds. The lowest BCUT2D eigenvalue weighted by Gasteiger charge is -2.22. The van der Waals surface area contributed by atoms with Gasteiger partial charge in [0.05, 0.1) is 6.67 Å². The second-order valence-electron chi connectivity index (χ2n) is 4.80. The van der Waals surface area contributed by atoms with Crippen molar-refractivity contribution in [3.05, 3.63) is 33.3 Å². The molecule has 0 aliphatic heterocycles. The summed E-state index contributed by atoms with van der Waals surface area (Å²) in [4.78, 5) is 0. The molecule has 0 unspecified atom stereocenters. The molecule has 0 aliphatic rings. The van der Waals surface area contributed by atoms with Crippen LogP contribution >= 0.6 is 22.6 Å². The lowest BCUT2D eigenvalue weighted by Crippen LogP contribution is -2.23. The Kier molecular flexibility index (Phi) is 4.59. The SMILES string of the molecule is C[C](CF)c1cc(I)cc(OC(C)(C)C)c1. The molecule has 0 atom stereocenters. The van der Waals surface area contributed by atoms with E-state index in [9.17, 15) is 4.39 Å². The average Bonchev–Trinajstić information content (AvgIpc) is 2.12. The van der Waals surface area contributed by atoms with Gasteiger partial charge in [-0.25, -0.2) is 0 Å². The lowest BCUT2D eigenvalue weighted by molar-refractivity contribution is 0.130. The van der Waals surface area contributed by atoms with Gasteiger partial charge in [0, 0.05) is 9.49 Å². The van der Waals surface area contributed by atoms with Crippen molar-refractivity contribution in [2.24, 2.45) is 0 Å². The Morgan fingerprint density at radius 2 is 1.94 bits per heavy atom. The van der Waals surface area contributed by atoms with E-state index in [1.807, 2.05) is 39.0 Å². The van der Waals surface area contributed by atoms with Crippen molar-refractivity contribution in [1.82, 2.24) is 0 Å². The number of rotatable bonds is 3. The van der Waals surface area contributed by atoms with Gasteiger partial charge in [-0.3, -0.25) is 4.39 Å². The van der Waals surface area contributed by atoms with Crippen LogP contribution in [0.15, 0.2) is 18.2 Å². The van der Waals surface area contributed by atoms with Gasteiger partial charge in [0.1, 0.15) is 11.4 Å². The van der Waals surface area contributed by atoms with Crippen molar-refractivity contribution in [2.45, 2.75) is 33.3 Å². The third-order valence-corrected chi connectivity index (χ3v) is 2.61. The first-order valence-corrected chi connectivity index (χ1v) is 6.28. The van der Waals surface area contributed by atoms with E-state index in [4.69, 9.17) is 4.74 Å². The number of halogens is 2. The van der Waals surface area contributed by atoms with Crippen molar-refractivity contribution >= 4 is 22.6 Å². The molecular weight excluding hydrogens is 318 g/mol. The Morgan fingerprint density at radius 1 is 1.31 bits per heavy atom. The van der Waals surface area contributed by atoms with Crippen molar-refractivity contribution in [3.63, 3.8) is 0 Å². The zero-order valence-electron chi connectivity index (χ0n) is 10.1. The van der Waals surface area contributed by atoms with Gasteiger partial charge in [0.2, 0.25) is 0 Å². The Bertz CT molecular complexity index is 357. The van der Waals surface area contributed by atoms with Crippen LogP contribution in [-0.4, -0.2) is 12.3 Å². The van der Waals surface area contributed by atoms with E-state index in [0.29, 0.717) is 0 Å². The van der Waals surface area contributed by atoms with Crippen molar-refractivity contribution in [2.75, 3.05) is 6.67 Å². The number of ether oxygens (including phenoxy) is 1. The van der Waals surface area contributed by atoms with Crippen molar-refractivity contribution in [3.8, 4) is 5.75 Å². The molecule has 1 rings (SSSR count).